The molecule has 0 aliphatic heterocycles. The molecule has 3 heterocycles. The quantitative estimate of drug-likeness (QED) is 0.557. The van der Waals surface area contributed by atoms with Crippen molar-refractivity contribution in [3.63, 3.8) is 0 Å². The minimum atomic E-state index is -1.14. The molecule has 7 heteroatoms. The van der Waals surface area contributed by atoms with Gasteiger partial charge in [0.1, 0.15) is 17.0 Å². The number of aliphatic carboxylic acids is 1. The van der Waals surface area contributed by atoms with Crippen LogP contribution in [0.15, 0.2) is 36.8 Å². The number of H-pyrrole nitrogens is 1. The average molecular weight is 377 g/mol. The number of carboxylic acid groups (broad SMARTS) is 1. The van der Waals surface area contributed by atoms with E-state index in [0.717, 1.165) is 45.9 Å². The van der Waals surface area contributed by atoms with E-state index in [4.69, 9.17) is 0 Å². The summed E-state index contributed by atoms with van der Waals surface area (Å²) in [7, 11) is 0. The Morgan fingerprint density at radius 2 is 2.19 bits per heavy atom. The Balaban J connectivity index is 1.51. The number of carbonyl (C=O) groups excluding carboxylic acids is 1. The highest BCUT2D eigenvalue weighted by Crippen LogP contribution is 2.39. The zero-order chi connectivity index (χ0) is 18.4. The highest BCUT2D eigenvalue weighted by Gasteiger charge is 2.23. The summed E-state index contributed by atoms with van der Waals surface area (Å²) in [6.07, 6.45) is 6.86. The van der Waals surface area contributed by atoms with Gasteiger partial charge in [0.05, 0.1) is 17.4 Å². The molecule has 1 aliphatic rings. The molecule has 1 aromatic carbocycles. The van der Waals surface area contributed by atoms with Crippen LogP contribution in [-0.4, -0.2) is 27.0 Å². The van der Waals surface area contributed by atoms with Crippen LogP contribution in [0, 0.1) is 0 Å². The summed E-state index contributed by atoms with van der Waals surface area (Å²) in [5, 5.41) is 17.0. The second-order valence-corrected chi connectivity index (χ2v) is 7.92. The number of nitrogens with zero attached hydrogens (tertiary/aromatic N) is 2. The second-order valence-electron chi connectivity index (χ2n) is 6.84. The third kappa shape index (κ3) is 2.75. The SMILES string of the molecule is O=C([O-])[C@@H](Cc1c[nH]c2ccccc12)Nc1ncnc2sc3c(c12)CCC3. The van der Waals surface area contributed by atoms with Crippen LogP contribution in [0.5, 0.6) is 0 Å². The maximum absolute atomic E-state index is 11.8. The summed E-state index contributed by atoms with van der Waals surface area (Å²) in [4.78, 5) is 26.0. The van der Waals surface area contributed by atoms with Crippen molar-refractivity contribution in [2.75, 3.05) is 5.32 Å². The number of aryl methyl sites for hydroxylation is 2. The van der Waals surface area contributed by atoms with Crippen molar-refractivity contribution in [1.29, 1.82) is 0 Å². The molecule has 4 aromatic rings. The van der Waals surface area contributed by atoms with E-state index in [0.29, 0.717) is 12.2 Å². The van der Waals surface area contributed by atoms with Crippen LogP contribution < -0.4 is 10.4 Å². The Kier molecular flexibility index (Phi) is 3.82. The van der Waals surface area contributed by atoms with Gasteiger partial charge in [-0.05, 0) is 36.5 Å². The van der Waals surface area contributed by atoms with Crippen LogP contribution >= 0.6 is 11.3 Å². The van der Waals surface area contributed by atoms with Gasteiger partial charge < -0.3 is 20.2 Å². The lowest BCUT2D eigenvalue weighted by Crippen LogP contribution is -2.42. The highest BCUT2D eigenvalue weighted by molar-refractivity contribution is 7.19. The fraction of sp³-hybridized carbons (Fsp3) is 0.250. The van der Waals surface area contributed by atoms with Gasteiger partial charge in [0, 0.05) is 28.4 Å². The fourth-order valence-corrected chi connectivity index (χ4v) is 5.15. The minimum absolute atomic E-state index is 0.310. The third-order valence-corrected chi connectivity index (χ3v) is 6.40. The summed E-state index contributed by atoms with van der Waals surface area (Å²) in [6, 6.07) is 6.99. The Hall–Kier alpha value is -2.93. The summed E-state index contributed by atoms with van der Waals surface area (Å²) in [5.41, 5.74) is 3.19. The first kappa shape index (κ1) is 16.3. The smallest absolute Gasteiger partial charge is 0.138 e. The van der Waals surface area contributed by atoms with Crippen LogP contribution in [0.4, 0.5) is 5.82 Å². The van der Waals surface area contributed by atoms with Gasteiger partial charge in [0.2, 0.25) is 0 Å². The van der Waals surface area contributed by atoms with Gasteiger partial charge in [-0.3, -0.25) is 0 Å². The summed E-state index contributed by atoms with van der Waals surface area (Å²) in [6.45, 7) is 0. The van der Waals surface area contributed by atoms with Gasteiger partial charge in [-0.25, -0.2) is 9.97 Å². The van der Waals surface area contributed by atoms with Crippen LogP contribution in [0.1, 0.15) is 22.4 Å². The largest absolute Gasteiger partial charge is 0.548 e. The molecule has 0 spiro atoms. The first-order chi connectivity index (χ1) is 13.2. The van der Waals surface area contributed by atoms with E-state index >= 15 is 0 Å². The third-order valence-electron chi connectivity index (χ3n) is 5.20. The van der Waals surface area contributed by atoms with Gasteiger partial charge in [0.15, 0.2) is 0 Å². The van der Waals surface area contributed by atoms with Gasteiger partial charge in [-0.1, -0.05) is 18.2 Å². The number of aromatic amines is 1. The molecule has 5 rings (SSSR count). The maximum atomic E-state index is 11.8. The standard InChI is InChI=1S/C20H18N4O2S/c25-20(26)15(8-11-9-21-14-6-2-1-4-12(11)14)24-18-17-13-5-3-7-16(13)27-19(17)23-10-22-18/h1-2,4,6,9-10,15,21H,3,5,7-8H2,(H,25,26)(H,22,23,24)/p-1/t15-/m1/s1. The molecule has 27 heavy (non-hydrogen) atoms. The summed E-state index contributed by atoms with van der Waals surface area (Å²) < 4.78 is 0. The number of benzene rings is 1. The van der Waals surface area contributed by atoms with Crippen molar-refractivity contribution < 1.29 is 9.90 Å². The number of carbonyl (C=O) groups is 1. The first-order valence-electron chi connectivity index (χ1n) is 8.98. The Morgan fingerprint density at radius 1 is 1.30 bits per heavy atom. The van der Waals surface area contributed by atoms with Crippen LogP contribution in [0.25, 0.3) is 21.1 Å². The zero-order valence-electron chi connectivity index (χ0n) is 14.5. The second kappa shape index (κ2) is 6.35. The molecule has 3 aromatic heterocycles. The van der Waals surface area contributed by atoms with Crippen molar-refractivity contribution in [2.45, 2.75) is 31.7 Å². The number of carboxylic acids is 1. The predicted octanol–water partition coefficient (Wildman–Crippen LogP) is 2.43. The molecule has 0 bridgehead atoms. The summed E-state index contributed by atoms with van der Waals surface area (Å²) in [5.74, 6) is -0.549. The topological polar surface area (TPSA) is 93.7 Å². The highest BCUT2D eigenvalue weighted by atomic mass is 32.1. The van der Waals surface area contributed by atoms with Gasteiger partial charge in [-0.15, -0.1) is 11.3 Å². The Bertz CT molecular complexity index is 1160. The number of aromatic nitrogens is 3. The van der Waals surface area contributed by atoms with Crippen LogP contribution in [-0.2, 0) is 24.1 Å². The normalized spacial score (nSPS) is 14.5. The minimum Gasteiger partial charge on any atom is -0.548 e. The fourth-order valence-electron chi connectivity index (χ4n) is 3.92. The Labute approximate surface area is 159 Å². The van der Waals surface area contributed by atoms with E-state index in [2.05, 4.69) is 20.3 Å². The van der Waals surface area contributed by atoms with E-state index in [1.807, 2.05) is 30.5 Å². The number of rotatable bonds is 5. The number of anilines is 1. The van der Waals surface area contributed by atoms with Gasteiger partial charge in [-0.2, -0.15) is 0 Å². The number of para-hydroxylation sites is 1. The van der Waals surface area contributed by atoms with E-state index in [1.165, 1.54) is 16.8 Å². The molecule has 0 saturated carbocycles. The van der Waals surface area contributed by atoms with E-state index in [1.54, 1.807) is 11.3 Å². The first-order valence-corrected chi connectivity index (χ1v) is 9.80. The van der Waals surface area contributed by atoms with Crippen LogP contribution in [0.3, 0.4) is 0 Å². The number of thiophene rings is 1. The molecular formula is C20H17N4O2S-. The molecular weight excluding hydrogens is 360 g/mol. The number of fused-ring (bicyclic) bond motifs is 4. The molecule has 1 atom stereocenters. The van der Waals surface area contributed by atoms with Crippen molar-refractivity contribution in [2.24, 2.45) is 0 Å². The zero-order valence-corrected chi connectivity index (χ0v) is 15.3. The molecule has 0 amide bonds. The molecule has 0 fully saturated rings. The van der Waals surface area contributed by atoms with Gasteiger partial charge >= 0.3 is 0 Å². The molecule has 0 saturated heterocycles. The van der Waals surface area contributed by atoms with E-state index in [-0.39, 0.29) is 0 Å². The molecule has 1 aliphatic carbocycles. The predicted molar refractivity (Wildman–Crippen MR) is 104 cm³/mol. The van der Waals surface area contributed by atoms with E-state index < -0.39 is 12.0 Å². The van der Waals surface area contributed by atoms with Crippen LogP contribution in [0.2, 0.25) is 0 Å². The molecule has 6 nitrogen and oxygen atoms in total. The Morgan fingerprint density at radius 3 is 3.07 bits per heavy atom. The van der Waals surface area contributed by atoms with E-state index in [9.17, 15) is 9.90 Å². The van der Waals surface area contributed by atoms with Crippen molar-refractivity contribution in [1.82, 2.24) is 15.0 Å². The van der Waals surface area contributed by atoms with Crippen molar-refractivity contribution in [3.8, 4) is 0 Å². The number of nitrogens with one attached hydrogen (secondary N) is 2. The molecule has 0 radical (unpaired) electrons. The maximum Gasteiger partial charge on any atom is 0.138 e. The van der Waals surface area contributed by atoms with Crippen molar-refractivity contribution in [3.05, 3.63) is 52.8 Å². The summed E-state index contributed by atoms with van der Waals surface area (Å²) >= 11 is 1.68. The van der Waals surface area contributed by atoms with Gasteiger partial charge in [0.25, 0.3) is 0 Å². The lowest BCUT2D eigenvalue weighted by atomic mass is 10.0. The lowest BCUT2D eigenvalue weighted by molar-refractivity contribution is -0.306. The lowest BCUT2D eigenvalue weighted by Gasteiger charge is -2.20. The number of hydrogen-bond acceptors (Lipinski definition) is 6. The molecule has 0 unspecified atom stereocenters. The molecule has 2 N–H and O–H groups in total. The van der Waals surface area contributed by atoms with Crippen molar-refractivity contribution >= 4 is 44.2 Å². The number of hydrogen-bond donors (Lipinski definition) is 2. The molecule has 136 valence electrons. The monoisotopic (exact) mass is 377 g/mol. The average Bonchev–Trinajstić information content (AvgIpc) is 3.35.